The summed E-state index contributed by atoms with van der Waals surface area (Å²) in [6.45, 7) is 4.35. The highest BCUT2D eigenvalue weighted by atomic mass is 79.9. The number of ether oxygens (including phenoxy) is 5. The number of carbonyl (C=O) groups is 2. The molecular weight excluding hydrogens is 538 g/mol. The number of benzene rings is 2. The molecule has 186 valence electrons. The molecule has 8 nitrogen and oxygen atoms in total. The molecule has 0 aliphatic heterocycles. The zero-order valence-corrected chi connectivity index (χ0v) is 22.6. The molecule has 0 aliphatic rings. The van der Waals surface area contributed by atoms with Gasteiger partial charge in [-0.3, -0.25) is 4.79 Å². The second kappa shape index (κ2) is 11.5. The van der Waals surface area contributed by atoms with Crippen LogP contribution >= 0.6 is 27.3 Å². The van der Waals surface area contributed by atoms with E-state index in [4.69, 9.17) is 23.7 Å². The van der Waals surface area contributed by atoms with Crippen LogP contribution in [0.4, 0.5) is 5.00 Å². The molecule has 1 N–H and O–H groups in total. The first-order valence-corrected chi connectivity index (χ1v) is 12.2. The van der Waals surface area contributed by atoms with Gasteiger partial charge in [-0.25, -0.2) is 4.79 Å². The van der Waals surface area contributed by atoms with E-state index >= 15 is 0 Å². The maximum atomic E-state index is 13.4. The van der Waals surface area contributed by atoms with Gasteiger partial charge >= 0.3 is 5.97 Å². The van der Waals surface area contributed by atoms with Crippen molar-refractivity contribution in [2.75, 3.05) is 40.4 Å². The number of methoxy groups -OCH3 is 4. The van der Waals surface area contributed by atoms with E-state index in [-0.39, 0.29) is 11.1 Å². The largest absolute Gasteiger partial charge is 0.494 e. The van der Waals surface area contributed by atoms with Crippen molar-refractivity contribution < 1.29 is 33.3 Å². The summed E-state index contributed by atoms with van der Waals surface area (Å²) in [4.78, 5) is 27.0. The van der Waals surface area contributed by atoms with E-state index in [0.29, 0.717) is 38.9 Å². The Balaban J connectivity index is 2.08. The third-order valence-electron chi connectivity index (χ3n) is 5.17. The molecule has 0 saturated heterocycles. The lowest BCUT2D eigenvalue weighted by Crippen LogP contribution is -2.15. The lowest BCUT2D eigenvalue weighted by atomic mass is 10.0. The number of carbonyl (C=O) groups excluding carboxylic acids is 2. The molecule has 0 spiro atoms. The fourth-order valence-corrected chi connectivity index (χ4v) is 5.31. The van der Waals surface area contributed by atoms with Crippen LogP contribution in [0, 0.1) is 6.92 Å². The van der Waals surface area contributed by atoms with Crippen LogP contribution in [0.5, 0.6) is 23.0 Å². The first kappa shape index (κ1) is 26.4. The summed E-state index contributed by atoms with van der Waals surface area (Å²) in [7, 11) is 5.71. The minimum atomic E-state index is -0.558. The SMILES string of the molecule is CCOc1ccc(-c2c(C)sc(NC(=O)c3cc(OC)c(OC)c(OC)c3Br)c2C(=O)OC)cc1. The van der Waals surface area contributed by atoms with Gasteiger partial charge in [0.1, 0.15) is 16.3 Å². The van der Waals surface area contributed by atoms with Gasteiger partial charge in [-0.05, 0) is 53.5 Å². The second-order valence-corrected chi connectivity index (χ2v) is 9.17. The van der Waals surface area contributed by atoms with E-state index in [2.05, 4.69) is 21.2 Å². The minimum absolute atomic E-state index is 0.240. The van der Waals surface area contributed by atoms with E-state index in [0.717, 1.165) is 16.2 Å². The van der Waals surface area contributed by atoms with Crippen LogP contribution in [-0.4, -0.2) is 46.9 Å². The smallest absolute Gasteiger partial charge is 0.341 e. The third kappa shape index (κ3) is 5.23. The van der Waals surface area contributed by atoms with Gasteiger partial charge in [-0.15, -0.1) is 11.3 Å². The van der Waals surface area contributed by atoms with Crippen molar-refractivity contribution in [2.24, 2.45) is 0 Å². The summed E-state index contributed by atoms with van der Waals surface area (Å²) >= 11 is 4.71. The summed E-state index contributed by atoms with van der Waals surface area (Å²) in [5.41, 5.74) is 2.00. The molecule has 0 saturated carbocycles. The Hall–Kier alpha value is -3.24. The average Bonchev–Trinajstić information content (AvgIpc) is 3.18. The number of esters is 1. The number of halogens is 1. The number of rotatable bonds is 9. The summed E-state index contributed by atoms with van der Waals surface area (Å²) in [6.07, 6.45) is 0. The van der Waals surface area contributed by atoms with E-state index in [1.807, 2.05) is 38.1 Å². The lowest BCUT2D eigenvalue weighted by Gasteiger charge is -2.16. The molecule has 0 atom stereocenters. The van der Waals surface area contributed by atoms with Crippen LogP contribution < -0.4 is 24.3 Å². The number of hydrogen-bond donors (Lipinski definition) is 1. The molecular formula is C25H26BrNO7S. The molecule has 3 rings (SSSR count). The van der Waals surface area contributed by atoms with Gasteiger partial charge in [0.15, 0.2) is 11.5 Å². The molecule has 0 unspecified atom stereocenters. The van der Waals surface area contributed by atoms with Crippen molar-refractivity contribution in [1.82, 2.24) is 0 Å². The van der Waals surface area contributed by atoms with Gasteiger partial charge in [0, 0.05) is 10.4 Å². The molecule has 3 aromatic rings. The molecule has 1 amide bonds. The zero-order chi connectivity index (χ0) is 25.7. The highest BCUT2D eigenvalue weighted by Crippen LogP contribution is 2.46. The van der Waals surface area contributed by atoms with E-state index in [1.165, 1.54) is 45.8 Å². The molecule has 1 aromatic heterocycles. The predicted octanol–water partition coefficient (Wildman–Crippen LogP) is 5.95. The van der Waals surface area contributed by atoms with E-state index in [1.54, 1.807) is 0 Å². The molecule has 2 aromatic carbocycles. The van der Waals surface area contributed by atoms with Gasteiger partial charge in [0.05, 0.1) is 45.1 Å². The Morgan fingerprint density at radius 3 is 2.20 bits per heavy atom. The highest BCUT2D eigenvalue weighted by Gasteiger charge is 2.28. The zero-order valence-electron chi connectivity index (χ0n) is 20.2. The Kier molecular flexibility index (Phi) is 8.63. The van der Waals surface area contributed by atoms with Gasteiger partial charge < -0.3 is 29.0 Å². The highest BCUT2D eigenvalue weighted by molar-refractivity contribution is 9.10. The molecule has 10 heteroatoms. The fraction of sp³-hybridized carbons (Fsp3) is 0.280. The molecule has 0 aliphatic carbocycles. The van der Waals surface area contributed by atoms with Crippen LogP contribution in [-0.2, 0) is 4.74 Å². The van der Waals surface area contributed by atoms with Crippen molar-refractivity contribution >= 4 is 44.1 Å². The number of nitrogens with one attached hydrogen (secondary N) is 1. The standard InChI is InChI=1S/C25H26BrNO7S/c1-7-34-15-10-8-14(9-11-15)18-13(2)35-24(19(18)25(29)33-6)27-23(28)16-12-17(30-3)21(31-4)22(32-5)20(16)26/h8-12H,7H2,1-6H3,(H,27,28). The lowest BCUT2D eigenvalue weighted by molar-refractivity contribution is 0.0603. The van der Waals surface area contributed by atoms with E-state index < -0.39 is 11.9 Å². The Morgan fingerprint density at radius 2 is 1.66 bits per heavy atom. The first-order valence-electron chi connectivity index (χ1n) is 10.6. The monoisotopic (exact) mass is 563 g/mol. The van der Waals surface area contributed by atoms with Crippen LogP contribution in [0.1, 0.15) is 32.5 Å². The van der Waals surface area contributed by atoms with Crippen molar-refractivity contribution in [2.45, 2.75) is 13.8 Å². The van der Waals surface area contributed by atoms with Crippen molar-refractivity contribution in [1.29, 1.82) is 0 Å². The number of anilines is 1. The molecule has 1 heterocycles. The number of amides is 1. The van der Waals surface area contributed by atoms with Crippen molar-refractivity contribution in [3.63, 3.8) is 0 Å². The fourth-order valence-electron chi connectivity index (χ4n) is 3.62. The topological polar surface area (TPSA) is 92.3 Å². The summed E-state index contributed by atoms with van der Waals surface area (Å²) in [5.74, 6) is 0.673. The minimum Gasteiger partial charge on any atom is -0.494 e. The summed E-state index contributed by atoms with van der Waals surface area (Å²) in [6, 6.07) is 8.94. The predicted molar refractivity (Wildman–Crippen MR) is 139 cm³/mol. The van der Waals surface area contributed by atoms with Crippen LogP contribution in [0.25, 0.3) is 11.1 Å². The summed E-state index contributed by atoms with van der Waals surface area (Å²) < 4.78 is 27.1. The maximum absolute atomic E-state index is 13.4. The van der Waals surface area contributed by atoms with Gasteiger partial charge in [-0.1, -0.05) is 12.1 Å². The maximum Gasteiger partial charge on any atom is 0.341 e. The Morgan fingerprint density at radius 1 is 1.00 bits per heavy atom. The average molecular weight is 564 g/mol. The second-order valence-electron chi connectivity index (χ2n) is 7.15. The molecule has 0 fully saturated rings. The third-order valence-corrected chi connectivity index (χ3v) is 6.98. The van der Waals surface area contributed by atoms with Crippen LogP contribution in [0.3, 0.4) is 0 Å². The number of aryl methyl sites for hydroxylation is 1. The van der Waals surface area contributed by atoms with Gasteiger partial charge in [-0.2, -0.15) is 0 Å². The normalized spacial score (nSPS) is 10.5. The molecule has 0 bridgehead atoms. The first-order chi connectivity index (χ1) is 16.8. The van der Waals surface area contributed by atoms with Gasteiger partial charge in [0.25, 0.3) is 5.91 Å². The Labute approximate surface area is 216 Å². The number of hydrogen-bond acceptors (Lipinski definition) is 8. The summed E-state index contributed by atoms with van der Waals surface area (Å²) in [5, 5.41) is 3.22. The van der Waals surface area contributed by atoms with E-state index in [9.17, 15) is 9.59 Å². The van der Waals surface area contributed by atoms with Gasteiger partial charge in [0.2, 0.25) is 5.75 Å². The molecule has 0 radical (unpaired) electrons. The number of thiophene rings is 1. The van der Waals surface area contributed by atoms with Crippen LogP contribution in [0.2, 0.25) is 0 Å². The van der Waals surface area contributed by atoms with Crippen LogP contribution in [0.15, 0.2) is 34.8 Å². The quantitative estimate of drug-likeness (QED) is 0.321. The Bertz CT molecular complexity index is 1240. The van der Waals surface area contributed by atoms with Crippen molar-refractivity contribution in [3.05, 3.63) is 50.8 Å². The van der Waals surface area contributed by atoms with Crippen molar-refractivity contribution in [3.8, 4) is 34.1 Å². The molecule has 35 heavy (non-hydrogen) atoms.